The van der Waals surface area contributed by atoms with E-state index in [9.17, 15) is 23.2 Å². The first kappa shape index (κ1) is 23.8. The number of carbonyl (C=O) groups is 3. The molecule has 2 fully saturated rings. The van der Waals surface area contributed by atoms with E-state index in [4.69, 9.17) is 0 Å². The minimum absolute atomic E-state index is 0.0596. The monoisotopic (exact) mass is 461 g/mol. The maximum absolute atomic E-state index is 12.9. The van der Waals surface area contributed by atoms with Gasteiger partial charge in [0.2, 0.25) is 18.2 Å². The first-order valence-corrected chi connectivity index (χ1v) is 12.1. The Bertz CT molecular complexity index is 907. The van der Waals surface area contributed by atoms with Gasteiger partial charge in [-0.25, -0.2) is 8.78 Å². The van der Waals surface area contributed by atoms with Crippen LogP contribution in [0.3, 0.4) is 0 Å². The van der Waals surface area contributed by atoms with Gasteiger partial charge < -0.3 is 10.2 Å². The van der Waals surface area contributed by atoms with E-state index < -0.39 is 18.4 Å². The van der Waals surface area contributed by atoms with Crippen molar-refractivity contribution in [2.24, 2.45) is 5.92 Å². The number of rotatable bonds is 8. The van der Waals surface area contributed by atoms with Crippen LogP contribution in [-0.4, -0.2) is 47.2 Å². The Balaban J connectivity index is 1.40. The molecule has 3 amide bonds. The van der Waals surface area contributed by atoms with Gasteiger partial charge in [-0.2, -0.15) is 0 Å². The molecular weight excluding hydrogens is 428 g/mol. The van der Waals surface area contributed by atoms with E-state index >= 15 is 0 Å². The number of amides is 3. The molecule has 180 valence electrons. The summed E-state index contributed by atoms with van der Waals surface area (Å²) in [4.78, 5) is 38.2. The molecule has 0 bridgehead atoms. The lowest BCUT2D eigenvalue weighted by Gasteiger charge is -2.35. The largest absolute Gasteiger partial charge is 0.322 e. The van der Waals surface area contributed by atoms with Gasteiger partial charge in [0, 0.05) is 37.0 Å². The van der Waals surface area contributed by atoms with E-state index in [0.29, 0.717) is 36.9 Å². The van der Waals surface area contributed by atoms with E-state index in [0.717, 1.165) is 36.8 Å². The van der Waals surface area contributed by atoms with Gasteiger partial charge in [-0.15, -0.1) is 0 Å². The van der Waals surface area contributed by atoms with Crippen molar-refractivity contribution >= 4 is 17.7 Å². The molecule has 1 saturated heterocycles. The third-order valence-electron chi connectivity index (χ3n) is 7.31. The minimum Gasteiger partial charge on any atom is -0.322 e. The van der Waals surface area contributed by atoms with Crippen LogP contribution in [0, 0.1) is 5.92 Å². The van der Waals surface area contributed by atoms with Crippen LogP contribution in [0.15, 0.2) is 18.2 Å². The van der Waals surface area contributed by atoms with Crippen LogP contribution in [0.2, 0.25) is 0 Å². The summed E-state index contributed by atoms with van der Waals surface area (Å²) < 4.78 is 25.1. The second-order valence-electron chi connectivity index (χ2n) is 9.78. The molecule has 2 aliphatic heterocycles. The number of benzene rings is 1. The van der Waals surface area contributed by atoms with E-state index in [1.54, 1.807) is 4.90 Å². The van der Waals surface area contributed by atoms with Crippen molar-refractivity contribution in [1.82, 2.24) is 15.5 Å². The number of hydrogen-bond acceptors (Lipinski definition) is 4. The number of imide groups is 1. The molecule has 0 spiro atoms. The Morgan fingerprint density at radius 1 is 1.12 bits per heavy atom. The van der Waals surface area contributed by atoms with Crippen LogP contribution in [0.25, 0.3) is 0 Å². The molecule has 0 aromatic heterocycles. The summed E-state index contributed by atoms with van der Waals surface area (Å²) in [7, 11) is 0. The van der Waals surface area contributed by atoms with Crippen LogP contribution < -0.4 is 10.6 Å². The summed E-state index contributed by atoms with van der Waals surface area (Å²) in [5.74, 6) is -0.420. The molecule has 2 N–H and O–H groups in total. The molecule has 1 aromatic rings. The fourth-order valence-corrected chi connectivity index (χ4v) is 5.55. The van der Waals surface area contributed by atoms with Gasteiger partial charge in [0.15, 0.2) is 0 Å². The molecule has 4 atom stereocenters. The molecule has 33 heavy (non-hydrogen) atoms. The van der Waals surface area contributed by atoms with Gasteiger partial charge in [-0.3, -0.25) is 19.7 Å². The van der Waals surface area contributed by atoms with E-state index in [2.05, 4.69) is 16.7 Å². The highest BCUT2D eigenvalue weighted by Gasteiger charge is 2.39. The molecule has 0 unspecified atom stereocenters. The quantitative estimate of drug-likeness (QED) is 0.580. The van der Waals surface area contributed by atoms with Gasteiger partial charge in [0.05, 0.1) is 0 Å². The van der Waals surface area contributed by atoms with E-state index in [-0.39, 0.29) is 30.7 Å². The fourth-order valence-electron chi connectivity index (χ4n) is 5.55. The topological polar surface area (TPSA) is 78.5 Å². The predicted molar refractivity (Wildman–Crippen MR) is 120 cm³/mol. The summed E-state index contributed by atoms with van der Waals surface area (Å²) in [6.45, 7) is 2.36. The average molecular weight is 462 g/mol. The number of fused-ring (bicyclic) bond motifs is 1. The lowest BCUT2D eigenvalue weighted by Crippen LogP contribution is -2.52. The summed E-state index contributed by atoms with van der Waals surface area (Å²) in [5.41, 5.74) is 2.71. The molecule has 3 aliphatic rings. The third-order valence-corrected chi connectivity index (χ3v) is 7.31. The van der Waals surface area contributed by atoms with Crippen molar-refractivity contribution < 1.29 is 23.2 Å². The highest BCUT2D eigenvalue weighted by molar-refractivity contribution is 6.05. The SMILES string of the molecule is C[C@H](CCC(F)F)N[C@H]1CCCC[C@@H]1Cc1ccc2c(c1)CN([C@H]1CCC(=O)NC1=O)C2=O. The number of piperidine rings is 1. The Morgan fingerprint density at radius 3 is 2.67 bits per heavy atom. The highest BCUT2D eigenvalue weighted by Crippen LogP contribution is 2.32. The molecule has 1 aromatic carbocycles. The first-order valence-electron chi connectivity index (χ1n) is 12.1. The van der Waals surface area contributed by atoms with Crippen molar-refractivity contribution in [1.29, 1.82) is 0 Å². The molecule has 2 heterocycles. The second-order valence-corrected chi connectivity index (χ2v) is 9.78. The van der Waals surface area contributed by atoms with Crippen LogP contribution in [-0.2, 0) is 22.6 Å². The van der Waals surface area contributed by atoms with Crippen LogP contribution in [0.5, 0.6) is 0 Å². The zero-order valence-corrected chi connectivity index (χ0v) is 19.1. The van der Waals surface area contributed by atoms with Gasteiger partial charge in [-0.05, 0) is 62.1 Å². The molecule has 1 saturated carbocycles. The number of nitrogens with one attached hydrogen (secondary N) is 2. The number of hydrogen-bond donors (Lipinski definition) is 2. The van der Waals surface area contributed by atoms with Gasteiger partial charge in [0.25, 0.3) is 5.91 Å². The molecule has 0 radical (unpaired) electrons. The Hall–Kier alpha value is -2.35. The zero-order chi connectivity index (χ0) is 23.5. The average Bonchev–Trinajstić information content (AvgIpc) is 3.09. The van der Waals surface area contributed by atoms with Crippen molar-refractivity contribution in [3.63, 3.8) is 0 Å². The second kappa shape index (κ2) is 10.3. The van der Waals surface area contributed by atoms with Gasteiger partial charge >= 0.3 is 0 Å². The smallest absolute Gasteiger partial charge is 0.255 e. The third kappa shape index (κ3) is 5.60. The zero-order valence-electron chi connectivity index (χ0n) is 19.1. The predicted octanol–water partition coefficient (Wildman–Crippen LogP) is 3.57. The highest BCUT2D eigenvalue weighted by atomic mass is 19.3. The number of alkyl halides is 2. The maximum atomic E-state index is 12.9. The van der Waals surface area contributed by atoms with E-state index in [1.165, 1.54) is 6.42 Å². The van der Waals surface area contributed by atoms with Crippen molar-refractivity contribution in [3.8, 4) is 0 Å². The van der Waals surface area contributed by atoms with Crippen molar-refractivity contribution in [2.75, 3.05) is 0 Å². The van der Waals surface area contributed by atoms with Crippen LogP contribution >= 0.6 is 0 Å². The van der Waals surface area contributed by atoms with Crippen molar-refractivity contribution in [2.45, 2.75) is 95.8 Å². The van der Waals surface area contributed by atoms with Crippen LogP contribution in [0.1, 0.15) is 79.8 Å². The standard InChI is InChI=1S/C25H33F2N3O3/c1-15(6-10-22(26)27)28-20-5-3-2-4-17(20)12-16-7-8-19-18(13-16)14-30(25(19)33)21-9-11-23(31)29-24(21)32/h7-8,13,15,17,20-22,28H,2-6,9-12,14H2,1H3,(H,29,31,32)/t15-,17-,20+,21+/m1/s1. The Kier molecular flexibility index (Phi) is 7.41. The summed E-state index contributed by atoms with van der Waals surface area (Å²) >= 11 is 0. The van der Waals surface area contributed by atoms with Gasteiger partial charge in [-0.1, -0.05) is 25.0 Å². The Morgan fingerprint density at radius 2 is 1.91 bits per heavy atom. The molecule has 4 rings (SSSR count). The summed E-state index contributed by atoms with van der Waals surface area (Å²) in [6, 6.07) is 5.69. The summed E-state index contributed by atoms with van der Waals surface area (Å²) in [5, 5.41) is 5.93. The molecule has 6 nitrogen and oxygen atoms in total. The Labute approximate surface area is 193 Å². The summed E-state index contributed by atoms with van der Waals surface area (Å²) in [6.07, 6.45) is 4.07. The van der Waals surface area contributed by atoms with Gasteiger partial charge in [0.1, 0.15) is 6.04 Å². The maximum Gasteiger partial charge on any atom is 0.255 e. The number of halogens is 2. The lowest BCUT2D eigenvalue weighted by atomic mass is 9.80. The van der Waals surface area contributed by atoms with E-state index in [1.807, 2.05) is 19.1 Å². The molecular formula is C25H33F2N3O3. The first-order chi connectivity index (χ1) is 15.8. The normalized spacial score (nSPS) is 26.5. The fraction of sp³-hybridized carbons (Fsp3) is 0.640. The van der Waals surface area contributed by atoms with Crippen molar-refractivity contribution in [3.05, 3.63) is 34.9 Å². The lowest BCUT2D eigenvalue weighted by molar-refractivity contribution is -0.136. The van der Waals surface area contributed by atoms with Crippen LogP contribution in [0.4, 0.5) is 8.78 Å². The number of carbonyl (C=O) groups excluding carboxylic acids is 3. The molecule has 1 aliphatic carbocycles. The minimum atomic E-state index is -2.26. The number of nitrogens with zero attached hydrogens (tertiary/aromatic N) is 1. The molecule has 8 heteroatoms.